The molecule has 20 heavy (non-hydrogen) atoms. The van der Waals surface area contributed by atoms with E-state index in [1.54, 1.807) is 17.0 Å². The van der Waals surface area contributed by atoms with Crippen LogP contribution in [-0.2, 0) is 4.74 Å². The van der Waals surface area contributed by atoms with Gasteiger partial charge in [-0.1, -0.05) is 0 Å². The minimum Gasteiger partial charge on any atom is -0.454 e. The molecule has 2 N–H and O–H groups in total. The van der Waals surface area contributed by atoms with Crippen LogP contribution in [0.1, 0.15) is 24.2 Å². The molecule has 2 atom stereocenters. The largest absolute Gasteiger partial charge is 0.454 e. The molecule has 0 aromatic heterocycles. The topological polar surface area (TPSA) is 74.0 Å². The quantitative estimate of drug-likeness (QED) is 0.782. The van der Waals surface area contributed by atoms with Crippen molar-refractivity contribution in [2.24, 2.45) is 0 Å². The maximum atomic E-state index is 12.7. The summed E-state index contributed by atoms with van der Waals surface area (Å²) in [6, 6.07) is 3.33. The summed E-state index contributed by atoms with van der Waals surface area (Å²) in [6.45, 7) is 5.19. The van der Waals surface area contributed by atoms with Crippen LogP contribution >= 0.6 is 0 Å². The van der Waals surface area contributed by atoms with Crippen LogP contribution in [0.25, 0.3) is 0 Å². The molecule has 1 aromatic carbocycles. The van der Waals surface area contributed by atoms with Crippen LogP contribution in [0.3, 0.4) is 0 Å². The molecule has 108 valence electrons. The average molecular weight is 278 g/mol. The first-order chi connectivity index (χ1) is 9.56. The molecule has 2 aliphatic heterocycles. The summed E-state index contributed by atoms with van der Waals surface area (Å²) in [5, 5.41) is 0. The number of fused-ring (bicyclic) bond motifs is 1. The number of nitrogens with two attached hydrogens (primary N) is 1. The van der Waals surface area contributed by atoms with E-state index in [0.29, 0.717) is 35.9 Å². The molecule has 2 aliphatic rings. The van der Waals surface area contributed by atoms with Gasteiger partial charge < -0.3 is 24.8 Å². The van der Waals surface area contributed by atoms with E-state index in [2.05, 4.69) is 0 Å². The van der Waals surface area contributed by atoms with Crippen LogP contribution in [0, 0.1) is 0 Å². The van der Waals surface area contributed by atoms with Gasteiger partial charge in [0.15, 0.2) is 11.5 Å². The summed E-state index contributed by atoms with van der Waals surface area (Å²) in [4.78, 5) is 14.5. The first-order valence-electron chi connectivity index (χ1n) is 6.68. The molecule has 0 bridgehead atoms. The number of morpholine rings is 1. The van der Waals surface area contributed by atoms with Gasteiger partial charge in [0, 0.05) is 18.3 Å². The van der Waals surface area contributed by atoms with Crippen molar-refractivity contribution in [2.75, 3.05) is 25.7 Å². The van der Waals surface area contributed by atoms with Gasteiger partial charge in [0.05, 0.1) is 24.3 Å². The fraction of sp³-hybridized carbons (Fsp3) is 0.500. The van der Waals surface area contributed by atoms with Crippen LogP contribution in [0.4, 0.5) is 5.69 Å². The number of anilines is 1. The number of hydrogen-bond donors (Lipinski definition) is 1. The minimum absolute atomic E-state index is 0.0310. The lowest BCUT2D eigenvalue weighted by Crippen LogP contribution is -2.50. The Morgan fingerprint density at radius 2 is 2.00 bits per heavy atom. The maximum absolute atomic E-state index is 12.7. The molecule has 0 aliphatic carbocycles. The SMILES string of the molecule is CC1CN(C(=O)c2cc3c(cc2N)OCO3)C(C)CO1. The molecule has 6 heteroatoms. The minimum atomic E-state index is -0.0940. The summed E-state index contributed by atoms with van der Waals surface area (Å²) in [5.74, 6) is 1.06. The number of benzene rings is 1. The van der Waals surface area contributed by atoms with E-state index in [1.807, 2.05) is 13.8 Å². The van der Waals surface area contributed by atoms with Crippen LogP contribution in [0.5, 0.6) is 11.5 Å². The summed E-state index contributed by atoms with van der Waals surface area (Å²) in [5.41, 5.74) is 6.83. The van der Waals surface area contributed by atoms with Crippen LogP contribution < -0.4 is 15.2 Å². The molecule has 0 saturated carbocycles. The van der Waals surface area contributed by atoms with Gasteiger partial charge in [-0.25, -0.2) is 0 Å². The second-order valence-electron chi connectivity index (χ2n) is 5.24. The standard InChI is InChI=1S/C14H18N2O4/c1-8-6-18-9(2)5-16(8)14(17)10-3-12-13(4-11(10)15)20-7-19-12/h3-4,8-9H,5-7,15H2,1-2H3. The van der Waals surface area contributed by atoms with E-state index in [0.717, 1.165) is 0 Å². The lowest BCUT2D eigenvalue weighted by molar-refractivity contribution is -0.0386. The average Bonchev–Trinajstić information content (AvgIpc) is 2.87. The van der Waals surface area contributed by atoms with E-state index >= 15 is 0 Å². The van der Waals surface area contributed by atoms with Gasteiger partial charge in [0.1, 0.15) is 0 Å². The number of hydrogen-bond acceptors (Lipinski definition) is 5. The summed E-state index contributed by atoms with van der Waals surface area (Å²) in [7, 11) is 0. The summed E-state index contributed by atoms with van der Waals surface area (Å²) in [6.07, 6.45) is 0.0328. The normalized spacial score (nSPS) is 24.8. The number of carbonyl (C=O) groups is 1. The van der Waals surface area contributed by atoms with Crippen molar-refractivity contribution in [1.82, 2.24) is 4.90 Å². The van der Waals surface area contributed by atoms with Gasteiger partial charge >= 0.3 is 0 Å². The van der Waals surface area contributed by atoms with Crippen LogP contribution in [-0.4, -0.2) is 42.9 Å². The molecule has 1 fully saturated rings. The first-order valence-corrected chi connectivity index (χ1v) is 6.68. The van der Waals surface area contributed by atoms with Crippen molar-refractivity contribution in [2.45, 2.75) is 26.0 Å². The molecule has 2 unspecified atom stereocenters. The number of nitrogen functional groups attached to an aromatic ring is 1. The number of nitrogens with zero attached hydrogens (tertiary/aromatic N) is 1. The fourth-order valence-corrected chi connectivity index (χ4v) is 2.48. The van der Waals surface area contributed by atoms with Gasteiger partial charge in [-0.05, 0) is 19.9 Å². The van der Waals surface area contributed by atoms with Crippen molar-refractivity contribution in [3.8, 4) is 11.5 Å². The molecular weight excluding hydrogens is 260 g/mol. The second kappa shape index (κ2) is 4.86. The zero-order chi connectivity index (χ0) is 14.3. The third-order valence-electron chi connectivity index (χ3n) is 3.64. The zero-order valence-corrected chi connectivity index (χ0v) is 11.6. The highest BCUT2D eigenvalue weighted by molar-refractivity contribution is 6.00. The molecule has 6 nitrogen and oxygen atoms in total. The summed E-state index contributed by atoms with van der Waals surface area (Å²) < 4.78 is 16.1. The van der Waals surface area contributed by atoms with Gasteiger partial charge in [-0.2, -0.15) is 0 Å². The third-order valence-corrected chi connectivity index (χ3v) is 3.64. The Kier molecular flexibility index (Phi) is 3.17. The Bertz CT molecular complexity index is 546. The molecular formula is C14H18N2O4. The Balaban J connectivity index is 1.90. The van der Waals surface area contributed by atoms with Crippen molar-refractivity contribution in [1.29, 1.82) is 0 Å². The van der Waals surface area contributed by atoms with Crippen molar-refractivity contribution in [3.63, 3.8) is 0 Å². The molecule has 1 saturated heterocycles. The van der Waals surface area contributed by atoms with Crippen molar-refractivity contribution < 1.29 is 19.0 Å². The Morgan fingerprint density at radius 3 is 2.75 bits per heavy atom. The van der Waals surface area contributed by atoms with Gasteiger partial charge in [0.2, 0.25) is 6.79 Å². The molecule has 2 heterocycles. The van der Waals surface area contributed by atoms with Crippen LogP contribution in [0.15, 0.2) is 12.1 Å². The van der Waals surface area contributed by atoms with Crippen LogP contribution in [0.2, 0.25) is 0 Å². The predicted molar refractivity (Wildman–Crippen MR) is 72.9 cm³/mol. The fourth-order valence-electron chi connectivity index (χ4n) is 2.48. The van der Waals surface area contributed by atoms with E-state index in [-0.39, 0.29) is 24.8 Å². The summed E-state index contributed by atoms with van der Waals surface area (Å²) >= 11 is 0. The van der Waals surface area contributed by atoms with Crippen molar-refractivity contribution in [3.05, 3.63) is 17.7 Å². The van der Waals surface area contributed by atoms with E-state index in [1.165, 1.54) is 0 Å². The van der Waals surface area contributed by atoms with Crippen molar-refractivity contribution >= 4 is 11.6 Å². The van der Waals surface area contributed by atoms with E-state index in [4.69, 9.17) is 19.9 Å². The Hall–Kier alpha value is -1.95. The zero-order valence-electron chi connectivity index (χ0n) is 11.6. The maximum Gasteiger partial charge on any atom is 0.256 e. The molecule has 1 aromatic rings. The first kappa shape index (κ1) is 13.1. The number of amides is 1. The number of carbonyl (C=O) groups excluding carboxylic acids is 1. The van der Waals surface area contributed by atoms with Gasteiger partial charge in [-0.3, -0.25) is 4.79 Å². The Morgan fingerprint density at radius 1 is 1.30 bits per heavy atom. The highest BCUT2D eigenvalue weighted by atomic mass is 16.7. The number of ether oxygens (including phenoxy) is 3. The lowest BCUT2D eigenvalue weighted by Gasteiger charge is -2.37. The van der Waals surface area contributed by atoms with Gasteiger partial charge in [-0.15, -0.1) is 0 Å². The molecule has 0 radical (unpaired) electrons. The molecule has 0 spiro atoms. The third kappa shape index (κ3) is 2.16. The lowest BCUT2D eigenvalue weighted by atomic mass is 10.1. The predicted octanol–water partition coefficient (Wildman–Crippen LogP) is 1.25. The van der Waals surface area contributed by atoms with Gasteiger partial charge in [0.25, 0.3) is 5.91 Å². The monoisotopic (exact) mass is 278 g/mol. The Labute approximate surface area is 117 Å². The molecule has 3 rings (SSSR count). The highest BCUT2D eigenvalue weighted by Crippen LogP contribution is 2.36. The highest BCUT2D eigenvalue weighted by Gasteiger charge is 2.30. The smallest absolute Gasteiger partial charge is 0.256 e. The van der Waals surface area contributed by atoms with E-state index < -0.39 is 0 Å². The second-order valence-corrected chi connectivity index (χ2v) is 5.24. The van der Waals surface area contributed by atoms with E-state index in [9.17, 15) is 4.79 Å². The molecule has 1 amide bonds. The number of rotatable bonds is 1.